The summed E-state index contributed by atoms with van der Waals surface area (Å²) in [6.07, 6.45) is 0. The summed E-state index contributed by atoms with van der Waals surface area (Å²) < 4.78 is 0.654. The summed E-state index contributed by atoms with van der Waals surface area (Å²) in [5, 5.41) is 11.3. The standard InChI is InChI=1S/C9H9ClN2O3S/c10-7-2-1-6(16-7)5-3-12(4-8(13)14)9(15)11-5/h1-2,5H,3-4H2,(H,11,15)(H,13,14). The molecule has 16 heavy (non-hydrogen) atoms. The zero-order chi connectivity index (χ0) is 11.7. The van der Waals surface area contributed by atoms with Gasteiger partial charge in [0, 0.05) is 11.4 Å². The van der Waals surface area contributed by atoms with Gasteiger partial charge >= 0.3 is 12.0 Å². The van der Waals surface area contributed by atoms with E-state index in [1.54, 1.807) is 6.07 Å². The van der Waals surface area contributed by atoms with Crippen LogP contribution in [-0.4, -0.2) is 35.1 Å². The highest BCUT2D eigenvalue weighted by molar-refractivity contribution is 7.16. The number of hydrogen-bond acceptors (Lipinski definition) is 3. The molecule has 0 saturated carbocycles. The second kappa shape index (κ2) is 4.31. The first-order valence-corrected chi connectivity index (χ1v) is 5.78. The van der Waals surface area contributed by atoms with Crippen LogP contribution in [0.15, 0.2) is 12.1 Å². The van der Waals surface area contributed by atoms with Crippen LogP contribution in [0.5, 0.6) is 0 Å². The van der Waals surface area contributed by atoms with Gasteiger partial charge in [-0.1, -0.05) is 11.6 Å². The third-order valence-electron chi connectivity index (χ3n) is 2.25. The van der Waals surface area contributed by atoms with E-state index < -0.39 is 5.97 Å². The summed E-state index contributed by atoms with van der Waals surface area (Å²) in [7, 11) is 0. The monoisotopic (exact) mass is 260 g/mol. The predicted octanol–water partition coefficient (Wildman–Crippen LogP) is 1.55. The molecule has 5 nitrogen and oxygen atoms in total. The van der Waals surface area contributed by atoms with Crippen LogP contribution in [0.3, 0.4) is 0 Å². The van der Waals surface area contributed by atoms with Gasteiger partial charge in [0.2, 0.25) is 0 Å². The maximum absolute atomic E-state index is 11.4. The van der Waals surface area contributed by atoms with Gasteiger partial charge in [-0.2, -0.15) is 0 Å². The molecule has 1 aromatic heterocycles. The Bertz CT molecular complexity index is 434. The van der Waals surface area contributed by atoms with E-state index in [0.29, 0.717) is 10.9 Å². The van der Waals surface area contributed by atoms with Gasteiger partial charge in [0.15, 0.2) is 0 Å². The molecule has 1 atom stereocenters. The first-order valence-electron chi connectivity index (χ1n) is 4.58. The zero-order valence-electron chi connectivity index (χ0n) is 8.14. The summed E-state index contributed by atoms with van der Waals surface area (Å²) >= 11 is 7.18. The molecule has 2 N–H and O–H groups in total. The van der Waals surface area contributed by atoms with Crippen molar-refractivity contribution in [1.29, 1.82) is 0 Å². The second-order valence-electron chi connectivity index (χ2n) is 3.42. The van der Waals surface area contributed by atoms with Crippen molar-refractivity contribution in [3.05, 3.63) is 21.3 Å². The normalized spacial score (nSPS) is 19.9. The van der Waals surface area contributed by atoms with E-state index in [1.165, 1.54) is 16.2 Å². The van der Waals surface area contributed by atoms with Crippen LogP contribution in [-0.2, 0) is 4.79 Å². The highest BCUT2D eigenvalue weighted by atomic mass is 35.5. The van der Waals surface area contributed by atoms with Crippen LogP contribution >= 0.6 is 22.9 Å². The molecule has 0 bridgehead atoms. The summed E-state index contributed by atoms with van der Waals surface area (Å²) in [4.78, 5) is 24.1. The quantitative estimate of drug-likeness (QED) is 0.866. The molecular formula is C9H9ClN2O3S. The molecule has 0 aliphatic carbocycles. The van der Waals surface area contributed by atoms with Crippen LogP contribution in [0, 0.1) is 0 Å². The lowest BCUT2D eigenvalue weighted by Gasteiger charge is -2.10. The maximum Gasteiger partial charge on any atom is 0.323 e. The summed E-state index contributed by atoms with van der Waals surface area (Å²) in [5.41, 5.74) is 0. The first kappa shape index (κ1) is 11.2. The highest BCUT2D eigenvalue weighted by Gasteiger charge is 2.31. The number of amides is 2. The van der Waals surface area contributed by atoms with Crippen molar-refractivity contribution in [1.82, 2.24) is 10.2 Å². The Balaban J connectivity index is 2.06. The molecular weight excluding hydrogens is 252 g/mol. The number of thiophene rings is 1. The Hall–Kier alpha value is -1.27. The number of nitrogens with one attached hydrogen (secondary N) is 1. The fraction of sp³-hybridized carbons (Fsp3) is 0.333. The van der Waals surface area contributed by atoms with E-state index in [2.05, 4.69) is 5.32 Å². The molecule has 86 valence electrons. The number of halogens is 1. The van der Waals surface area contributed by atoms with E-state index in [-0.39, 0.29) is 18.6 Å². The molecule has 2 heterocycles. The highest BCUT2D eigenvalue weighted by Crippen LogP contribution is 2.29. The fourth-order valence-corrected chi connectivity index (χ4v) is 2.67. The van der Waals surface area contributed by atoms with E-state index in [9.17, 15) is 9.59 Å². The van der Waals surface area contributed by atoms with Gasteiger partial charge in [0.1, 0.15) is 6.54 Å². The molecule has 7 heteroatoms. The molecule has 0 aromatic carbocycles. The van der Waals surface area contributed by atoms with Gasteiger partial charge in [0.25, 0.3) is 0 Å². The number of carboxylic acids is 1. The van der Waals surface area contributed by atoms with Crippen LogP contribution in [0.1, 0.15) is 10.9 Å². The molecule has 1 aromatic rings. The number of carbonyl (C=O) groups excluding carboxylic acids is 1. The number of carbonyl (C=O) groups is 2. The molecule has 0 radical (unpaired) electrons. The SMILES string of the molecule is O=C(O)CN1CC(c2ccc(Cl)s2)NC1=O. The minimum absolute atomic E-state index is 0.163. The van der Waals surface area contributed by atoms with Crippen LogP contribution in [0.2, 0.25) is 4.34 Å². The van der Waals surface area contributed by atoms with E-state index in [0.717, 1.165) is 4.88 Å². The third-order valence-corrected chi connectivity index (χ3v) is 3.60. The third kappa shape index (κ3) is 2.28. The molecule has 1 aliphatic rings. The van der Waals surface area contributed by atoms with Gasteiger partial charge in [0.05, 0.1) is 10.4 Å². The smallest absolute Gasteiger partial charge is 0.323 e. The van der Waals surface area contributed by atoms with Crippen molar-refractivity contribution in [3.63, 3.8) is 0 Å². The zero-order valence-corrected chi connectivity index (χ0v) is 9.72. The molecule has 2 rings (SSSR count). The fourth-order valence-electron chi connectivity index (χ4n) is 1.57. The molecule has 2 amide bonds. The molecule has 0 spiro atoms. The van der Waals surface area contributed by atoms with Crippen LogP contribution in [0.4, 0.5) is 4.79 Å². The number of urea groups is 1. The van der Waals surface area contributed by atoms with E-state index in [1.807, 2.05) is 6.07 Å². The lowest BCUT2D eigenvalue weighted by atomic mass is 10.2. The van der Waals surface area contributed by atoms with Crippen LogP contribution < -0.4 is 5.32 Å². The minimum Gasteiger partial charge on any atom is -0.480 e. The Kier molecular flexibility index (Phi) is 3.02. The number of aliphatic carboxylic acids is 1. The van der Waals surface area contributed by atoms with Crippen molar-refractivity contribution in [2.45, 2.75) is 6.04 Å². The molecule has 1 aliphatic heterocycles. The van der Waals surface area contributed by atoms with Gasteiger partial charge in [-0.15, -0.1) is 11.3 Å². The number of nitrogens with zero attached hydrogens (tertiary/aromatic N) is 1. The van der Waals surface area contributed by atoms with Crippen molar-refractivity contribution >= 4 is 34.9 Å². The lowest BCUT2D eigenvalue weighted by Crippen LogP contribution is -2.32. The van der Waals surface area contributed by atoms with Gasteiger partial charge in [-0.05, 0) is 12.1 Å². The summed E-state index contributed by atoms with van der Waals surface area (Å²) in [6.45, 7) is 0.0867. The number of rotatable bonds is 3. The topological polar surface area (TPSA) is 69.6 Å². The Morgan fingerprint density at radius 2 is 2.44 bits per heavy atom. The van der Waals surface area contributed by atoms with Gasteiger partial charge in [-0.3, -0.25) is 4.79 Å². The van der Waals surface area contributed by atoms with Crippen LogP contribution in [0.25, 0.3) is 0 Å². The van der Waals surface area contributed by atoms with Crippen molar-refractivity contribution in [3.8, 4) is 0 Å². The molecule has 1 fully saturated rings. The summed E-state index contributed by atoms with van der Waals surface area (Å²) in [6, 6.07) is 3.08. The summed E-state index contributed by atoms with van der Waals surface area (Å²) in [5.74, 6) is -1.01. The second-order valence-corrected chi connectivity index (χ2v) is 5.16. The number of hydrogen-bond donors (Lipinski definition) is 2. The van der Waals surface area contributed by atoms with E-state index in [4.69, 9.17) is 16.7 Å². The number of carboxylic acid groups (broad SMARTS) is 1. The molecule has 1 unspecified atom stereocenters. The lowest BCUT2D eigenvalue weighted by molar-refractivity contribution is -0.137. The average molecular weight is 261 g/mol. The Morgan fingerprint density at radius 3 is 3.00 bits per heavy atom. The average Bonchev–Trinajstić information content (AvgIpc) is 2.74. The maximum atomic E-state index is 11.4. The van der Waals surface area contributed by atoms with Gasteiger partial charge in [-0.25, -0.2) is 4.79 Å². The van der Waals surface area contributed by atoms with Crippen molar-refractivity contribution < 1.29 is 14.7 Å². The minimum atomic E-state index is -1.01. The first-order chi connectivity index (χ1) is 7.56. The van der Waals surface area contributed by atoms with Crippen molar-refractivity contribution in [2.75, 3.05) is 13.1 Å². The Labute approximate surface area is 101 Å². The van der Waals surface area contributed by atoms with Crippen molar-refractivity contribution in [2.24, 2.45) is 0 Å². The largest absolute Gasteiger partial charge is 0.480 e. The molecule has 1 saturated heterocycles. The predicted molar refractivity (Wildman–Crippen MR) is 59.8 cm³/mol. The van der Waals surface area contributed by atoms with E-state index >= 15 is 0 Å². The Morgan fingerprint density at radius 1 is 1.69 bits per heavy atom. The van der Waals surface area contributed by atoms with Gasteiger partial charge < -0.3 is 15.3 Å².